The van der Waals surface area contributed by atoms with Gasteiger partial charge in [-0.2, -0.15) is 0 Å². The first-order chi connectivity index (χ1) is 7.14. The van der Waals surface area contributed by atoms with Crippen LogP contribution in [0, 0.1) is 5.41 Å². The van der Waals surface area contributed by atoms with Crippen molar-refractivity contribution in [3.8, 4) is 0 Å². The SMILES string of the molecule is CCC1=CC2(CCC1(C)C=O)OCCO2. The Labute approximate surface area is 90.4 Å². The van der Waals surface area contributed by atoms with Crippen molar-refractivity contribution in [3.05, 3.63) is 11.6 Å². The number of hydrogen-bond acceptors (Lipinski definition) is 3. The molecule has 2 rings (SSSR count). The molecule has 1 aliphatic carbocycles. The summed E-state index contributed by atoms with van der Waals surface area (Å²) in [6.07, 6.45) is 5.56. The van der Waals surface area contributed by atoms with E-state index in [1.165, 1.54) is 0 Å². The lowest BCUT2D eigenvalue weighted by atomic mass is 9.72. The molecule has 1 atom stereocenters. The van der Waals surface area contributed by atoms with Gasteiger partial charge < -0.3 is 14.3 Å². The standard InChI is InChI=1S/C12H18O3/c1-3-10-8-12(14-6-7-15-12)5-4-11(10,2)9-13/h8-9H,3-7H2,1-2H3. The second-order valence-corrected chi connectivity index (χ2v) is 4.57. The molecule has 84 valence electrons. The van der Waals surface area contributed by atoms with Crippen LogP contribution in [0.25, 0.3) is 0 Å². The van der Waals surface area contributed by atoms with Gasteiger partial charge in [-0.15, -0.1) is 0 Å². The maximum Gasteiger partial charge on any atom is 0.188 e. The summed E-state index contributed by atoms with van der Waals surface area (Å²) in [5.74, 6) is -0.520. The number of hydrogen-bond donors (Lipinski definition) is 0. The van der Waals surface area contributed by atoms with Crippen LogP contribution in [0.3, 0.4) is 0 Å². The fourth-order valence-corrected chi connectivity index (χ4v) is 2.44. The van der Waals surface area contributed by atoms with E-state index < -0.39 is 5.79 Å². The molecule has 1 fully saturated rings. The fourth-order valence-electron chi connectivity index (χ4n) is 2.44. The predicted octanol–water partition coefficient (Wildman–Crippen LogP) is 2.06. The van der Waals surface area contributed by atoms with E-state index >= 15 is 0 Å². The first kappa shape index (κ1) is 10.8. The number of carbonyl (C=O) groups excluding carboxylic acids is 1. The van der Waals surface area contributed by atoms with Crippen LogP contribution in [-0.2, 0) is 14.3 Å². The molecule has 0 saturated carbocycles. The van der Waals surface area contributed by atoms with Crippen LogP contribution in [0.1, 0.15) is 33.1 Å². The predicted molar refractivity (Wildman–Crippen MR) is 56.4 cm³/mol. The molecule has 0 N–H and O–H groups in total. The van der Waals surface area contributed by atoms with Gasteiger partial charge in [-0.1, -0.05) is 12.5 Å². The second-order valence-electron chi connectivity index (χ2n) is 4.57. The topological polar surface area (TPSA) is 35.5 Å². The Balaban J connectivity index is 2.30. The minimum atomic E-state index is -0.520. The summed E-state index contributed by atoms with van der Waals surface area (Å²) in [6, 6.07) is 0. The third-order valence-electron chi connectivity index (χ3n) is 3.54. The molecule has 3 nitrogen and oxygen atoms in total. The average Bonchev–Trinajstić information content (AvgIpc) is 2.71. The molecule has 0 aromatic rings. The van der Waals surface area contributed by atoms with E-state index in [-0.39, 0.29) is 5.41 Å². The monoisotopic (exact) mass is 210 g/mol. The van der Waals surface area contributed by atoms with E-state index in [1.54, 1.807) is 0 Å². The first-order valence-electron chi connectivity index (χ1n) is 5.61. The van der Waals surface area contributed by atoms with Gasteiger partial charge in [0, 0.05) is 11.8 Å². The van der Waals surface area contributed by atoms with Gasteiger partial charge in [0.25, 0.3) is 0 Å². The van der Waals surface area contributed by atoms with Gasteiger partial charge in [0.15, 0.2) is 5.79 Å². The van der Waals surface area contributed by atoms with Crippen molar-refractivity contribution in [1.29, 1.82) is 0 Å². The van der Waals surface area contributed by atoms with Gasteiger partial charge in [0.1, 0.15) is 6.29 Å². The zero-order valence-electron chi connectivity index (χ0n) is 9.41. The van der Waals surface area contributed by atoms with Crippen molar-refractivity contribution in [1.82, 2.24) is 0 Å². The molecule has 3 heteroatoms. The van der Waals surface area contributed by atoms with Crippen molar-refractivity contribution in [2.45, 2.75) is 38.9 Å². The van der Waals surface area contributed by atoms with Crippen molar-refractivity contribution in [3.63, 3.8) is 0 Å². The summed E-state index contributed by atoms with van der Waals surface area (Å²) in [7, 11) is 0. The fraction of sp³-hybridized carbons (Fsp3) is 0.750. The van der Waals surface area contributed by atoms with Gasteiger partial charge in [-0.3, -0.25) is 0 Å². The molecule has 0 radical (unpaired) electrons. The van der Waals surface area contributed by atoms with Gasteiger partial charge >= 0.3 is 0 Å². The van der Waals surface area contributed by atoms with Crippen LogP contribution in [0.5, 0.6) is 0 Å². The molecule has 0 bridgehead atoms. The average molecular weight is 210 g/mol. The lowest BCUT2D eigenvalue weighted by Crippen LogP contribution is -2.37. The summed E-state index contributed by atoms with van der Waals surface area (Å²) in [5.41, 5.74) is 0.834. The smallest absolute Gasteiger partial charge is 0.188 e. The van der Waals surface area contributed by atoms with E-state index in [0.717, 1.165) is 31.1 Å². The number of aldehydes is 1. The molecule has 1 saturated heterocycles. The molecule has 1 spiro atoms. The summed E-state index contributed by atoms with van der Waals surface area (Å²) in [4.78, 5) is 11.1. The highest BCUT2D eigenvalue weighted by Gasteiger charge is 2.43. The third kappa shape index (κ3) is 1.74. The molecule has 0 amide bonds. The highest BCUT2D eigenvalue weighted by Crippen LogP contribution is 2.43. The number of ether oxygens (including phenoxy) is 2. The zero-order chi connectivity index (χ0) is 10.9. The van der Waals surface area contributed by atoms with Gasteiger partial charge in [-0.05, 0) is 25.8 Å². The van der Waals surface area contributed by atoms with Crippen LogP contribution >= 0.6 is 0 Å². The molecule has 1 heterocycles. The summed E-state index contributed by atoms with van der Waals surface area (Å²) < 4.78 is 11.3. The van der Waals surface area contributed by atoms with Crippen molar-refractivity contribution in [2.75, 3.05) is 13.2 Å². The van der Waals surface area contributed by atoms with Gasteiger partial charge in [0.05, 0.1) is 13.2 Å². The summed E-state index contributed by atoms with van der Waals surface area (Å²) in [6.45, 7) is 5.38. The lowest BCUT2D eigenvalue weighted by molar-refractivity contribution is -0.136. The molecular weight excluding hydrogens is 192 g/mol. The Kier molecular flexibility index (Phi) is 2.69. The van der Waals surface area contributed by atoms with E-state index in [1.807, 2.05) is 13.0 Å². The zero-order valence-corrected chi connectivity index (χ0v) is 9.41. The van der Waals surface area contributed by atoms with Gasteiger partial charge in [-0.25, -0.2) is 0 Å². The Morgan fingerprint density at radius 1 is 1.40 bits per heavy atom. The summed E-state index contributed by atoms with van der Waals surface area (Å²) in [5, 5.41) is 0. The van der Waals surface area contributed by atoms with Crippen LogP contribution in [0.15, 0.2) is 11.6 Å². The lowest BCUT2D eigenvalue weighted by Gasteiger charge is -2.37. The molecule has 1 aliphatic heterocycles. The molecule has 1 unspecified atom stereocenters. The highest BCUT2D eigenvalue weighted by molar-refractivity contribution is 5.65. The first-order valence-corrected chi connectivity index (χ1v) is 5.61. The van der Waals surface area contributed by atoms with E-state index in [0.29, 0.717) is 13.2 Å². The van der Waals surface area contributed by atoms with E-state index in [2.05, 4.69) is 6.92 Å². The van der Waals surface area contributed by atoms with E-state index in [9.17, 15) is 4.79 Å². The molecule has 2 aliphatic rings. The Morgan fingerprint density at radius 2 is 2.07 bits per heavy atom. The van der Waals surface area contributed by atoms with Crippen LogP contribution < -0.4 is 0 Å². The van der Waals surface area contributed by atoms with Crippen LogP contribution in [0.2, 0.25) is 0 Å². The maximum absolute atomic E-state index is 11.1. The molecule has 0 aromatic heterocycles. The van der Waals surface area contributed by atoms with Gasteiger partial charge in [0.2, 0.25) is 0 Å². The normalized spacial score (nSPS) is 34.1. The minimum Gasteiger partial charge on any atom is -0.344 e. The van der Waals surface area contributed by atoms with Crippen molar-refractivity contribution < 1.29 is 14.3 Å². The molecule has 15 heavy (non-hydrogen) atoms. The van der Waals surface area contributed by atoms with E-state index in [4.69, 9.17) is 9.47 Å². The number of allylic oxidation sites excluding steroid dienone is 1. The Morgan fingerprint density at radius 3 is 2.60 bits per heavy atom. The summed E-state index contributed by atoms with van der Waals surface area (Å²) >= 11 is 0. The van der Waals surface area contributed by atoms with Crippen molar-refractivity contribution in [2.24, 2.45) is 5.41 Å². The van der Waals surface area contributed by atoms with Crippen molar-refractivity contribution >= 4 is 6.29 Å². The number of rotatable bonds is 2. The molecule has 0 aromatic carbocycles. The minimum absolute atomic E-state index is 0.310. The largest absolute Gasteiger partial charge is 0.344 e. The quantitative estimate of drug-likeness (QED) is 0.517. The second kappa shape index (κ2) is 3.72. The Hall–Kier alpha value is -0.670. The van der Waals surface area contributed by atoms with Crippen LogP contribution in [-0.4, -0.2) is 25.3 Å². The van der Waals surface area contributed by atoms with Crippen LogP contribution in [0.4, 0.5) is 0 Å². The highest BCUT2D eigenvalue weighted by atomic mass is 16.7. The maximum atomic E-state index is 11.1. The third-order valence-corrected chi connectivity index (χ3v) is 3.54. The number of carbonyl (C=O) groups is 1. The molecular formula is C12H18O3. The Bertz CT molecular complexity index is 289.